The van der Waals surface area contributed by atoms with Crippen LogP contribution in [0.1, 0.15) is 23.1 Å². The molecule has 5 N–H and O–H groups in total. The van der Waals surface area contributed by atoms with E-state index in [0.717, 1.165) is 5.56 Å². The third-order valence-corrected chi connectivity index (χ3v) is 4.74. The number of anilines is 1. The van der Waals surface area contributed by atoms with E-state index in [9.17, 15) is 13.2 Å². The summed E-state index contributed by atoms with van der Waals surface area (Å²) in [5, 5.41) is 0. The Morgan fingerprint density at radius 3 is 2.37 bits per heavy atom. The maximum atomic E-state index is 12.2. The maximum absolute atomic E-state index is 12.2. The Bertz CT molecular complexity index is 583. The monoisotopic (exact) mass is 285 g/mol. The van der Waals surface area contributed by atoms with Crippen LogP contribution in [0.3, 0.4) is 0 Å². The smallest absolute Gasteiger partial charge is 0.241 e. The van der Waals surface area contributed by atoms with Crippen molar-refractivity contribution in [3.05, 3.63) is 22.8 Å². The largest absolute Gasteiger partial charge is 0.398 e. The first kappa shape index (κ1) is 15.5. The van der Waals surface area contributed by atoms with Gasteiger partial charge in [0.25, 0.3) is 0 Å². The highest BCUT2D eigenvalue weighted by Gasteiger charge is 2.22. The van der Waals surface area contributed by atoms with Crippen molar-refractivity contribution in [3.63, 3.8) is 0 Å². The molecule has 1 aromatic rings. The van der Waals surface area contributed by atoms with E-state index in [4.69, 9.17) is 11.5 Å². The molecule has 0 saturated carbocycles. The summed E-state index contributed by atoms with van der Waals surface area (Å²) in [4.78, 5) is 10.8. The van der Waals surface area contributed by atoms with E-state index in [-0.39, 0.29) is 17.9 Å². The van der Waals surface area contributed by atoms with Crippen LogP contribution < -0.4 is 16.2 Å². The Hall–Kier alpha value is -1.60. The number of rotatable bonds is 5. The SMILES string of the molecule is Cc1cc(N)c(C)c(S(=O)(=O)NCCC(N)=O)c1C. The number of sulfonamides is 1. The second-order valence-electron chi connectivity index (χ2n) is 4.48. The average molecular weight is 285 g/mol. The van der Waals surface area contributed by atoms with Gasteiger partial charge in [0.15, 0.2) is 0 Å². The molecule has 0 atom stereocenters. The first-order chi connectivity index (χ1) is 8.66. The first-order valence-electron chi connectivity index (χ1n) is 5.81. The third kappa shape index (κ3) is 3.45. The fourth-order valence-electron chi connectivity index (χ4n) is 1.83. The molecule has 0 heterocycles. The lowest BCUT2D eigenvalue weighted by atomic mass is 10.1. The second kappa shape index (κ2) is 5.58. The van der Waals surface area contributed by atoms with E-state index in [1.807, 2.05) is 0 Å². The predicted molar refractivity (Wildman–Crippen MR) is 74.1 cm³/mol. The van der Waals surface area contributed by atoms with Gasteiger partial charge in [0.05, 0.1) is 4.90 Å². The Kier molecular flexibility index (Phi) is 4.54. The van der Waals surface area contributed by atoms with Crippen molar-refractivity contribution in [2.75, 3.05) is 12.3 Å². The Morgan fingerprint density at radius 2 is 1.84 bits per heavy atom. The molecule has 19 heavy (non-hydrogen) atoms. The minimum atomic E-state index is -3.70. The van der Waals surface area contributed by atoms with E-state index < -0.39 is 15.9 Å². The molecular weight excluding hydrogens is 266 g/mol. The topological polar surface area (TPSA) is 115 Å². The number of nitrogens with two attached hydrogens (primary N) is 2. The Labute approximate surface area is 113 Å². The third-order valence-electron chi connectivity index (χ3n) is 3.01. The molecule has 7 heteroatoms. The van der Waals surface area contributed by atoms with Gasteiger partial charge in [0.2, 0.25) is 15.9 Å². The lowest BCUT2D eigenvalue weighted by Crippen LogP contribution is -2.29. The van der Waals surface area contributed by atoms with E-state index in [1.165, 1.54) is 0 Å². The van der Waals surface area contributed by atoms with Crippen LogP contribution in [-0.2, 0) is 14.8 Å². The number of aryl methyl sites for hydroxylation is 1. The van der Waals surface area contributed by atoms with E-state index >= 15 is 0 Å². The van der Waals surface area contributed by atoms with Crippen LogP contribution in [0.2, 0.25) is 0 Å². The van der Waals surface area contributed by atoms with Crippen LogP contribution in [0.4, 0.5) is 5.69 Å². The summed E-state index contributed by atoms with van der Waals surface area (Å²) in [6.45, 7) is 5.16. The van der Waals surface area contributed by atoms with Gasteiger partial charge in [0.1, 0.15) is 0 Å². The van der Waals surface area contributed by atoms with Crippen LogP contribution in [0.25, 0.3) is 0 Å². The molecule has 1 amide bonds. The van der Waals surface area contributed by atoms with E-state index in [1.54, 1.807) is 26.8 Å². The summed E-state index contributed by atoms with van der Waals surface area (Å²) in [5.41, 5.74) is 13.2. The van der Waals surface area contributed by atoms with Crippen molar-refractivity contribution in [1.82, 2.24) is 4.72 Å². The molecule has 0 saturated heterocycles. The van der Waals surface area contributed by atoms with Gasteiger partial charge in [-0.2, -0.15) is 0 Å². The predicted octanol–water partition coefficient (Wildman–Crippen LogP) is 0.348. The zero-order chi connectivity index (χ0) is 14.8. The zero-order valence-corrected chi connectivity index (χ0v) is 12.1. The number of amides is 1. The van der Waals surface area contributed by atoms with Crippen molar-refractivity contribution < 1.29 is 13.2 Å². The molecule has 0 aromatic heterocycles. The second-order valence-corrected chi connectivity index (χ2v) is 6.18. The Balaban J connectivity index is 3.18. The number of carbonyl (C=O) groups excluding carboxylic acids is 1. The molecule has 0 unspecified atom stereocenters. The molecule has 1 rings (SSSR count). The summed E-state index contributed by atoms with van der Waals surface area (Å²) >= 11 is 0. The van der Waals surface area contributed by atoms with Gasteiger partial charge in [-0.3, -0.25) is 4.79 Å². The van der Waals surface area contributed by atoms with Gasteiger partial charge < -0.3 is 11.5 Å². The van der Waals surface area contributed by atoms with Gasteiger partial charge in [-0.15, -0.1) is 0 Å². The van der Waals surface area contributed by atoms with Crippen molar-refractivity contribution in [2.45, 2.75) is 32.1 Å². The summed E-state index contributed by atoms with van der Waals surface area (Å²) in [6, 6.07) is 1.74. The normalized spacial score (nSPS) is 11.5. The minimum Gasteiger partial charge on any atom is -0.398 e. The Morgan fingerprint density at radius 1 is 1.26 bits per heavy atom. The minimum absolute atomic E-state index is 0.0234. The number of primary amides is 1. The molecule has 0 aliphatic heterocycles. The van der Waals surface area contributed by atoms with Crippen LogP contribution in [0.5, 0.6) is 0 Å². The van der Waals surface area contributed by atoms with Gasteiger partial charge in [0, 0.05) is 18.7 Å². The standard InChI is InChI=1S/C12H19N3O3S/c1-7-6-10(13)9(3)12(8(7)2)19(17,18)15-5-4-11(14)16/h6,15H,4-5,13H2,1-3H3,(H2,14,16). The highest BCUT2D eigenvalue weighted by atomic mass is 32.2. The highest BCUT2D eigenvalue weighted by Crippen LogP contribution is 2.27. The molecule has 106 valence electrons. The number of nitrogens with one attached hydrogen (secondary N) is 1. The molecule has 0 aliphatic carbocycles. The van der Waals surface area contributed by atoms with Crippen molar-refractivity contribution in [1.29, 1.82) is 0 Å². The maximum Gasteiger partial charge on any atom is 0.241 e. The molecular formula is C12H19N3O3S. The van der Waals surface area contributed by atoms with Crippen LogP contribution in [0.15, 0.2) is 11.0 Å². The van der Waals surface area contributed by atoms with Crippen molar-refractivity contribution in [2.24, 2.45) is 5.73 Å². The number of benzene rings is 1. The van der Waals surface area contributed by atoms with Crippen molar-refractivity contribution in [3.8, 4) is 0 Å². The van der Waals surface area contributed by atoms with Crippen LogP contribution in [-0.4, -0.2) is 20.9 Å². The summed E-state index contributed by atoms with van der Waals surface area (Å²) in [6.07, 6.45) is -0.0430. The molecule has 6 nitrogen and oxygen atoms in total. The van der Waals surface area contributed by atoms with Gasteiger partial charge in [-0.05, 0) is 43.5 Å². The molecule has 0 fully saturated rings. The number of nitrogen functional groups attached to an aromatic ring is 1. The zero-order valence-electron chi connectivity index (χ0n) is 11.3. The molecule has 0 aliphatic rings. The van der Waals surface area contributed by atoms with Crippen LogP contribution in [0, 0.1) is 20.8 Å². The summed E-state index contributed by atoms with van der Waals surface area (Å²) < 4.78 is 26.8. The molecule has 1 aromatic carbocycles. The fraction of sp³-hybridized carbons (Fsp3) is 0.417. The number of carbonyl (C=O) groups is 1. The number of hydrogen-bond acceptors (Lipinski definition) is 4. The number of hydrogen-bond donors (Lipinski definition) is 3. The van der Waals surface area contributed by atoms with Gasteiger partial charge >= 0.3 is 0 Å². The van der Waals surface area contributed by atoms with E-state index in [2.05, 4.69) is 4.72 Å². The summed E-state index contributed by atoms with van der Waals surface area (Å²) in [7, 11) is -3.70. The van der Waals surface area contributed by atoms with Gasteiger partial charge in [-0.1, -0.05) is 0 Å². The highest BCUT2D eigenvalue weighted by molar-refractivity contribution is 7.89. The van der Waals surface area contributed by atoms with E-state index in [0.29, 0.717) is 16.8 Å². The molecule has 0 spiro atoms. The van der Waals surface area contributed by atoms with Gasteiger partial charge in [-0.25, -0.2) is 13.1 Å². The lowest BCUT2D eigenvalue weighted by Gasteiger charge is -2.15. The lowest BCUT2D eigenvalue weighted by molar-refractivity contribution is -0.117. The molecule has 0 bridgehead atoms. The molecule has 0 radical (unpaired) electrons. The quantitative estimate of drug-likeness (QED) is 0.677. The summed E-state index contributed by atoms with van der Waals surface area (Å²) in [5.74, 6) is -0.556. The average Bonchev–Trinajstić information content (AvgIpc) is 2.25. The fourth-order valence-corrected chi connectivity index (χ4v) is 3.43. The van der Waals surface area contributed by atoms with Crippen molar-refractivity contribution >= 4 is 21.6 Å². The first-order valence-corrected chi connectivity index (χ1v) is 7.29. The van der Waals surface area contributed by atoms with Crippen LogP contribution >= 0.6 is 0 Å².